The number of hydrogen-bond acceptors (Lipinski definition) is 3. The van der Waals surface area contributed by atoms with Crippen LogP contribution in [0.2, 0.25) is 0 Å². The lowest BCUT2D eigenvalue weighted by Crippen LogP contribution is -2.38. The highest BCUT2D eigenvalue weighted by Gasteiger charge is 2.13. The molecule has 0 spiro atoms. The second-order valence-electron chi connectivity index (χ2n) is 4.70. The number of likely N-dealkylation sites (N-methyl/N-ethyl adjacent to an activating group) is 2. The molecule has 1 rings (SSSR count). The van der Waals surface area contributed by atoms with Crippen molar-refractivity contribution in [1.29, 1.82) is 0 Å². The molecular formula is C15H23BrN2O2. The molecule has 4 nitrogen and oxygen atoms in total. The lowest BCUT2D eigenvalue weighted by atomic mass is 10.2. The molecule has 0 bridgehead atoms. The average Bonchev–Trinajstić information content (AvgIpc) is 2.42. The average molecular weight is 343 g/mol. The molecule has 0 radical (unpaired) electrons. The summed E-state index contributed by atoms with van der Waals surface area (Å²) in [6.45, 7) is 6.63. The van der Waals surface area contributed by atoms with Gasteiger partial charge < -0.3 is 9.64 Å². The summed E-state index contributed by atoms with van der Waals surface area (Å²) in [5, 5.41) is 0. The van der Waals surface area contributed by atoms with E-state index in [-0.39, 0.29) is 5.91 Å². The van der Waals surface area contributed by atoms with Crippen LogP contribution < -0.4 is 4.74 Å². The maximum absolute atomic E-state index is 12.1. The third-order valence-electron chi connectivity index (χ3n) is 3.21. The third kappa shape index (κ3) is 4.80. The first-order valence-corrected chi connectivity index (χ1v) is 7.59. The zero-order chi connectivity index (χ0) is 15.1. The Kier molecular flexibility index (Phi) is 7.02. The van der Waals surface area contributed by atoms with Crippen molar-refractivity contribution in [3.05, 3.63) is 28.2 Å². The number of carbonyl (C=O) groups excluding carboxylic acids is 1. The molecule has 1 amide bonds. The number of rotatable bonds is 7. The van der Waals surface area contributed by atoms with Gasteiger partial charge in [-0.25, -0.2) is 0 Å². The van der Waals surface area contributed by atoms with Crippen molar-refractivity contribution in [2.75, 3.05) is 33.8 Å². The molecule has 5 heteroatoms. The van der Waals surface area contributed by atoms with Crippen molar-refractivity contribution in [2.45, 2.75) is 20.4 Å². The third-order valence-corrected chi connectivity index (χ3v) is 3.99. The highest BCUT2D eigenvalue weighted by molar-refractivity contribution is 9.10. The van der Waals surface area contributed by atoms with Crippen LogP contribution in [-0.2, 0) is 11.3 Å². The fourth-order valence-corrected chi connectivity index (χ4v) is 2.43. The predicted molar refractivity (Wildman–Crippen MR) is 85.0 cm³/mol. The number of methoxy groups -OCH3 is 1. The Balaban J connectivity index is 2.66. The lowest BCUT2D eigenvalue weighted by Gasteiger charge is -2.23. The zero-order valence-corrected chi connectivity index (χ0v) is 14.2. The van der Waals surface area contributed by atoms with Crippen LogP contribution in [0, 0.1) is 0 Å². The maximum Gasteiger partial charge on any atom is 0.236 e. The van der Waals surface area contributed by atoms with E-state index in [4.69, 9.17) is 4.74 Å². The van der Waals surface area contributed by atoms with Gasteiger partial charge in [-0.15, -0.1) is 0 Å². The Bertz CT molecular complexity index is 447. The monoisotopic (exact) mass is 342 g/mol. The first-order valence-electron chi connectivity index (χ1n) is 6.80. The van der Waals surface area contributed by atoms with Crippen LogP contribution in [0.15, 0.2) is 22.7 Å². The lowest BCUT2D eigenvalue weighted by molar-refractivity contribution is -0.131. The largest absolute Gasteiger partial charge is 0.497 e. The number of halogens is 1. The van der Waals surface area contributed by atoms with Crippen molar-refractivity contribution in [3.8, 4) is 5.75 Å². The molecule has 0 unspecified atom stereocenters. The molecule has 0 aliphatic rings. The number of hydrogen-bond donors (Lipinski definition) is 0. The van der Waals surface area contributed by atoms with Crippen LogP contribution >= 0.6 is 15.9 Å². The van der Waals surface area contributed by atoms with E-state index in [2.05, 4.69) is 15.9 Å². The van der Waals surface area contributed by atoms with E-state index < -0.39 is 0 Å². The Labute approximate surface area is 129 Å². The molecule has 112 valence electrons. The summed E-state index contributed by atoms with van der Waals surface area (Å²) in [4.78, 5) is 15.9. The quantitative estimate of drug-likeness (QED) is 0.763. The van der Waals surface area contributed by atoms with E-state index in [1.165, 1.54) is 0 Å². The molecule has 0 aromatic heterocycles. The minimum absolute atomic E-state index is 0.163. The van der Waals surface area contributed by atoms with Crippen molar-refractivity contribution < 1.29 is 9.53 Å². The topological polar surface area (TPSA) is 32.8 Å². The van der Waals surface area contributed by atoms with Crippen LogP contribution in [0.4, 0.5) is 0 Å². The number of amides is 1. The summed E-state index contributed by atoms with van der Waals surface area (Å²) in [6.07, 6.45) is 0. The van der Waals surface area contributed by atoms with Crippen LogP contribution in [0.25, 0.3) is 0 Å². The minimum Gasteiger partial charge on any atom is -0.497 e. The van der Waals surface area contributed by atoms with Crippen molar-refractivity contribution in [1.82, 2.24) is 9.80 Å². The van der Waals surface area contributed by atoms with Gasteiger partial charge in [-0.1, -0.05) is 15.9 Å². The van der Waals surface area contributed by atoms with E-state index in [1.54, 1.807) is 7.11 Å². The van der Waals surface area contributed by atoms with Crippen LogP contribution in [0.5, 0.6) is 5.75 Å². The Morgan fingerprint density at radius 2 is 1.95 bits per heavy atom. The Morgan fingerprint density at radius 3 is 2.50 bits per heavy atom. The summed E-state index contributed by atoms with van der Waals surface area (Å²) in [5.41, 5.74) is 1.11. The van der Waals surface area contributed by atoms with Gasteiger partial charge in [-0.3, -0.25) is 9.69 Å². The molecule has 1 aromatic carbocycles. The second-order valence-corrected chi connectivity index (χ2v) is 5.55. The molecular weight excluding hydrogens is 320 g/mol. The van der Waals surface area contributed by atoms with Crippen molar-refractivity contribution >= 4 is 21.8 Å². The fraction of sp³-hybridized carbons (Fsp3) is 0.533. The van der Waals surface area contributed by atoms with Crippen LogP contribution in [-0.4, -0.2) is 49.5 Å². The first-order chi connectivity index (χ1) is 9.51. The molecule has 0 heterocycles. The Hall–Kier alpha value is -1.07. The normalized spacial score (nSPS) is 10.7. The summed E-state index contributed by atoms with van der Waals surface area (Å²) >= 11 is 3.53. The van der Waals surface area contributed by atoms with Gasteiger partial charge in [0.2, 0.25) is 5.91 Å². The standard InChI is InChI=1S/C15H23BrN2O2/c1-5-18(6-2)15(19)11-17(3)10-12-9-13(20-4)7-8-14(12)16/h7-9H,5-6,10-11H2,1-4H3. The molecule has 0 atom stereocenters. The number of carbonyl (C=O) groups is 1. The van der Waals surface area contributed by atoms with Gasteiger partial charge in [-0.05, 0) is 44.7 Å². The second kappa shape index (κ2) is 8.27. The van der Waals surface area contributed by atoms with E-state index in [0.717, 1.165) is 28.9 Å². The summed E-state index contributed by atoms with van der Waals surface area (Å²) < 4.78 is 6.26. The molecule has 1 aromatic rings. The van der Waals surface area contributed by atoms with E-state index >= 15 is 0 Å². The highest BCUT2D eigenvalue weighted by Crippen LogP contribution is 2.23. The van der Waals surface area contributed by atoms with Crippen molar-refractivity contribution in [2.24, 2.45) is 0 Å². The highest BCUT2D eigenvalue weighted by atomic mass is 79.9. The smallest absolute Gasteiger partial charge is 0.236 e. The van der Waals surface area contributed by atoms with Gasteiger partial charge in [0.15, 0.2) is 0 Å². The molecule has 0 aliphatic carbocycles. The number of benzene rings is 1. The van der Waals surface area contributed by atoms with Crippen LogP contribution in [0.1, 0.15) is 19.4 Å². The van der Waals surface area contributed by atoms with Gasteiger partial charge in [0.1, 0.15) is 5.75 Å². The summed E-state index contributed by atoms with van der Waals surface area (Å²) in [5.74, 6) is 0.989. The minimum atomic E-state index is 0.163. The van der Waals surface area contributed by atoms with Gasteiger partial charge in [0, 0.05) is 24.1 Å². The predicted octanol–water partition coefficient (Wildman–Crippen LogP) is 2.76. The molecule has 0 N–H and O–H groups in total. The Morgan fingerprint density at radius 1 is 1.30 bits per heavy atom. The van der Waals surface area contributed by atoms with Gasteiger partial charge in [0.25, 0.3) is 0 Å². The molecule has 0 saturated heterocycles. The zero-order valence-electron chi connectivity index (χ0n) is 12.6. The molecule has 0 aliphatic heterocycles. The number of ether oxygens (including phenoxy) is 1. The van der Waals surface area contributed by atoms with Gasteiger partial charge >= 0.3 is 0 Å². The molecule has 20 heavy (non-hydrogen) atoms. The summed E-state index contributed by atoms with van der Waals surface area (Å²) in [7, 11) is 3.61. The van der Waals surface area contributed by atoms with E-state index in [0.29, 0.717) is 13.1 Å². The maximum atomic E-state index is 12.1. The first kappa shape index (κ1) is 17.0. The van der Waals surface area contributed by atoms with E-state index in [1.807, 2.05) is 48.9 Å². The SMILES string of the molecule is CCN(CC)C(=O)CN(C)Cc1cc(OC)ccc1Br. The van der Waals surface area contributed by atoms with E-state index in [9.17, 15) is 4.79 Å². The summed E-state index contributed by atoms with van der Waals surface area (Å²) in [6, 6.07) is 5.87. The molecule has 0 fully saturated rings. The molecule has 0 saturated carbocycles. The van der Waals surface area contributed by atoms with Crippen molar-refractivity contribution in [3.63, 3.8) is 0 Å². The fourth-order valence-electron chi connectivity index (χ4n) is 2.05. The van der Waals surface area contributed by atoms with Gasteiger partial charge in [0.05, 0.1) is 13.7 Å². The number of nitrogens with zero attached hydrogens (tertiary/aromatic N) is 2. The van der Waals surface area contributed by atoms with Gasteiger partial charge in [-0.2, -0.15) is 0 Å². The van der Waals surface area contributed by atoms with Crippen LogP contribution in [0.3, 0.4) is 0 Å².